The molecular formula is C25H18Cl2N2O3. The first-order valence-electron chi connectivity index (χ1n) is 10.1. The van der Waals surface area contributed by atoms with Crippen molar-refractivity contribution in [3.05, 3.63) is 103 Å². The molecule has 0 bridgehead atoms. The van der Waals surface area contributed by atoms with Crippen LogP contribution in [0.3, 0.4) is 0 Å². The molecule has 1 aliphatic rings. The van der Waals surface area contributed by atoms with E-state index in [1.807, 2.05) is 26.8 Å². The fourth-order valence-corrected chi connectivity index (χ4v) is 4.42. The van der Waals surface area contributed by atoms with E-state index in [1.165, 1.54) is 4.90 Å². The van der Waals surface area contributed by atoms with Gasteiger partial charge in [0.15, 0.2) is 5.43 Å². The highest BCUT2D eigenvalue weighted by Gasteiger charge is 2.44. The van der Waals surface area contributed by atoms with Crippen molar-refractivity contribution in [1.29, 1.82) is 0 Å². The predicted molar refractivity (Wildman–Crippen MR) is 126 cm³/mol. The minimum absolute atomic E-state index is 0.0186. The molecule has 32 heavy (non-hydrogen) atoms. The van der Waals surface area contributed by atoms with E-state index in [0.717, 1.165) is 16.7 Å². The second kappa shape index (κ2) is 7.47. The third-order valence-electron chi connectivity index (χ3n) is 5.89. The van der Waals surface area contributed by atoms with Crippen LogP contribution in [-0.2, 0) is 0 Å². The molecule has 0 spiro atoms. The standard InChI is InChI=1S/C25H18Cl2N2O3/c1-12-6-7-28-20(8-12)29-22(15-4-5-17(26)18(27)11-15)21-23(30)16-9-13(2)14(3)10-19(16)32-24(21)25(29)31/h4-11,22H,1-3H3/t22-/m0/s1. The van der Waals surface area contributed by atoms with Crippen LogP contribution in [0.1, 0.15) is 44.4 Å². The summed E-state index contributed by atoms with van der Waals surface area (Å²) in [6, 6.07) is 11.6. The van der Waals surface area contributed by atoms with E-state index in [4.69, 9.17) is 27.6 Å². The van der Waals surface area contributed by atoms with Crippen LogP contribution in [-0.4, -0.2) is 10.9 Å². The molecule has 1 atom stereocenters. The number of aryl methyl sites for hydroxylation is 3. The number of fused-ring (bicyclic) bond motifs is 2. The average molecular weight is 465 g/mol. The number of hydrogen-bond acceptors (Lipinski definition) is 4. The van der Waals surface area contributed by atoms with Gasteiger partial charge in [0.05, 0.1) is 27.0 Å². The van der Waals surface area contributed by atoms with E-state index < -0.39 is 11.9 Å². The number of nitrogens with zero attached hydrogens (tertiary/aromatic N) is 2. The second-order valence-electron chi connectivity index (χ2n) is 8.05. The Hall–Kier alpha value is -3.15. The molecule has 0 saturated carbocycles. The highest BCUT2D eigenvalue weighted by atomic mass is 35.5. The number of halogens is 2. The van der Waals surface area contributed by atoms with Crippen LogP contribution >= 0.6 is 23.2 Å². The lowest BCUT2D eigenvalue weighted by atomic mass is 9.97. The van der Waals surface area contributed by atoms with Gasteiger partial charge in [0.1, 0.15) is 11.4 Å². The van der Waals surface area contributed by atoms with Crippen molar-refractivity contribution < 1.29 is 9.21 Å². The molecule has 1 amide bonds. The highest BCUT2D eigenvalue weighted by Crippen LogP contribution is 2.42. The molecule has 5 rings (SSSR count). The van der Waals surface area contributed by atoms with Crippen molar-refractivity contribution in [2.24, 2.45) is 0 Å². The van der Waals surface area contributed by atoms with Crippen LogP contribution < -0.4 is 10.3 Å². The third-order valence-corrected chi connectivity index (χ3v) is 6.63. The zero-order chi connectivity index (χ0) is 22.7. The van der Waals surface area contributed by atoms with E-state index in [-0.39, 0.29) is 16.8 Å². The lowest BCUT2D eigenvalue weighted by molar-refractivity contribution is 0.0970. The number of rotatable bonds is 2. The molecule has 4 aromatic rings. The summed E-state index contributed by atoms with van der Waals surface area (Å²) >= 11 is 12.4. The zero-order valence-corrected chi connectivity index (χ0v) is 19.1. The van der Waals surface area contributed by atoms with Gasteiger partial charge < -0.3 is 4.42 Å². The fourth-order valence-electron chi connectivity index (χ4n) is 4.11. The van der Waals surface area contributed by atoms with Crippen LogP contribution in [0.2, 0.25) is 10.0 Å². The van der Waals surface area contributed by atoms with Gasteiger partial charge >= 0.3 is 0 Å². The number of benzene rings is 2. The second-order valence-corrected chi connectivity index (χ2v) is 8.86. The summed E-state index contributed by atoms with van der Waals surface area (Å²) in [7, 11) is 0. The molecule has 2 aromatic carbocycles. The SMILES string of the molecule is Cc1ccnc(N2C(=O)c3oc4cc(C)c(C)cc4c(=O)c3[C@@H]2c2ccc(Cl)c(Cl)c2)c1. The van der Waals surface area contributed by atoms with E-state index in [9.17, 15) is 9.59 Å². The van der Waals surface area contributed by atoms with Gasteiger partial charge in [0.2, 0.25) is 5.76 Å². The summed E-state index contributed by atoms with van der Waals surface area (Å²) in [5, 5.41) is 1.15. The van der Waals surface area contributed by atoms with E-state index >= 15 is 0 Å². The van der Waals surface area contributed by atoms with E-state index in [0.29, 0.717) is 32.4 Å². The first-order chi connectivity index (χ1) is 15.3. The van der Waals surface area contributed by atoms with Crippen molar-refractivity contribution in [3.63, 3.8) is 0 Å². The summed E-state index contributed by atoms with van der Waals surface area (Å²) in [4.78, 5) is 33.2. The van der Waals surface area contributed by atoms with Gasteiger partial charge in [-0.05, 0) is 79.4 Å². The Balaban J connectivity index is 1.84. The molecule has 2 aromatic heterocycles. The Morgan fingerprint density at radius 1 is 0.938 bits per heavy atom. The molecule has 0 fully saturated rings. The van der Waals surface area contributed by atoms with Gasteiger partial charge in [-0.2, -0.15) is 0 Å². The normalized spacial score (nSPS) is 15.5. The number of amides is 1. The summed E-state index contributed by atoms with van der Waals surface area (Å²) < 4.78 is 6.04. The number of hydrogen-bond donors (Lipinski definition) is 0. The number of aromatic nitrogens is 1. The third kappa shape index (κ3) is 3.12. The largest absolute Gasteiger partial charge is 0.450 e. The van der Waals surface area contributed by atoms with Crippen LogP contribution in [0.4, 0.5) is 5.82 Å². The van der Waals surface area contributed by atoms with Crippen molar-refractivity contribution in [2.45, 2.75) is 26.8 Å². The summed E-state index contributed by atoms with van der Waals surface area (Å²) in [5.41, 5.74) is 3.93. The van der Waals surface area contributed by atoms with Crippen molar-refractivity contribution in [1.82, 2.24) is 4.98 Å². The Kier molecular flexibility index (Phi) is 4.84. The molecular weight excluding hydrogens is 447 g/mol. The van der Waals surface area contributed by atoms with Crippen LogP contribution in [0, 0.1) is 20.8 Å². The summed E-state index contributed by atoms with van der Waals surface area (Å²) in [6.07, 6.45) is 1.63. The summed E-state index contributed by atoms with van der Waals surface area (Å²) in [5.74, 6) is 0.0184. The van der Waals surface area contributed by atoms with Crippen LogP contribution in [0.15, 0.2) is 57.9 Å². The molecule has 1 aliphatic heterocycles. The molecule has 0 unspecified atom stereocenters. The number of anilines is 1. The Labute approximate surface area is 194 Å². The first kappa shape index (κ1) is 20.7. The maximum Gasteiger partial charge on any atom is 0.296 e. The van der Waals surface area contributed by atoms with Gasteiger partial charge in [-0.25, -0.2) is 4.98 Å². The van der Waals surface area contributed by atoms with Crippen LogP contribution in [0.25, 0.3) is 11.0 Å². The monoisotopic (exact) mass is 464 g/mol. The molecule has 5 nitrogen and oxygen atoms in total. The molecule has 160 valence electrons. The minimum atomic E-state index is -0.746. The Morgan fingerprint density at radius 2 is 1.69 bits per heavy atom. The lowest BCUT2D eigenvalue weighted by Gasteiger charge is -2.24. The Morgan fingerprint density at radius 3 is 2.41 bits per heavy atom. The summed E-state index contributed by atoms with van der Waals surface area (Å²) in [6.45, 7) is 5.79. The number of carbonyl (C=O) groups excluding carboxylic acids is 1. The topological polar surface area (TPSA) is 63.4 Å². The predicted octanol–water partition coefficient (Wildman–Crippen LogP) is 6.17. The van der Waals surface area contributed by atoms with Crippen molar-refractivity contribution in [3.8, 4) is 0 Å². The van der Waals surface area contributed by atoms with Crippen LogP contribution in [0.5, 0.6) is 0 Å². The molecule has 0 aliphatic carbocycles. The van der Waals surface area contributed by atoms with Gasteiger partial charge in [0, 0.05) is 6.20 Å². The van der Waals surface area contributed by atoms with Gasteiger partial charge in [-0.3, -0.25) is 14.5 Å². The van der Waals surface area contributed by atoms with Gasteiger partial charge in [0.25, 0.3) is 5.91 Å². The van der Waals surface area contributed by atoms with E-state index in [2.05, 4.69) is 4.98 Å². The minimum Gasteiger partial charge on any atom is -0.450 e. The fraction of sp³-hybridized carbons (Fsp3) is 0.160. The molecule has 3 heterocycles. The highest BCUT2D eigenvalue weighted by molar-refractivity contribution is 6.42. The van der Waals surface area contributed by atoms with Gasteiger partial charge in [-0.1, -0.05) is 29.3 Å². The van der Waals surface area contributed by atoms with Gasteiger partial charge in [-0.15, -0.1) is 0 Å². The average Bonchev–Trinajstić information content (AvgIpc) is 3.04. The maximum atomic E-state index is 13.7. The number of carbonyl (C=O) groups is 1. The molecule has 0 radical (unpaired) electrons. The van der Waals surface area contributed by atoms with E-state index in [1.54, 1.807) is 42.6 Å². The maximum absolute atomic E-state index is 13.7. The zero-order valence-electron chi connectivity index (χ0n) is 17.6. The first-order valence-corrected chi connectivity index (χ1v) is 10.8. The quantitative estimate of drug-likeness (QED) is 0.355. The molecule has 0 saturated heterocycles. The molecule has 0 N–H and O–H groups in total. The van der Waals surface area contributed by atoms with Crippen molar-refractivity contribution in [2.75, 3.05) is 4.90 Å². The molecule has 7 heteroatoms. The number of pyridine rings is 1. The van der Waals surface area contributed by atoms with Crippen molar-refractivity contribution >= 4 is 45.9 Å². The smallest absolute Gasteiger partial charge is 0.296 e. The lowest BCUT2D eigenvalue weighted by Crippen LogP contribution is -2.30. The Bertz CT molecular complexity index is 1490.